The zero-order chi connectivity index (χ0) is 21.1. The summed E-state index contributed by atoms with van der Waals surface area (Å²) in [5, 5.41) is 18.8. The fraction of sp³-hybridized carbons (Fsp3) is 0.368. The van der Waals surface area contributed by atoms with Crippen molar-refractivity contribution in [3.05, 3.63) is 35.4 Å². The van der Waals surface area contributed by atoms with Crippen molar-refractivity contribution in [1.29, 1.82) is 10.7 Å². The van der Waals surface area contributed by atoms with E-state index in [1.807, 2.05) is 6.92 Å². The van der Waals surface area contributed by atoms with E-state index < -0.39 is 48.3 Å². The summed E-state index contributed by atoms with van der Waals surface area (Å²) in [6.07, 6.45) is 0. The number of ether oxygens (including phenoxy) is 1. The number of ketones is 1. The molecule has 0 unspecified atom stereocenters. The number of nitriles is 1. The molecule has 0 aliphatic carbocycles. The molecule has 0 aromatic heterocycles. The Kier molecular flexibility index (Phi) is 5.93. The second-order valence-electron chi connectivity index (χ2n) is 6.68. The van der Waals surface area contributed by atoms with Crippen molar-refractivity contribution in [1.82, 2.24) is 10.2 Å². The Labute approximate surface area is 161 Å². The Morgan fingerprint density at radius 2 is 1.93 bits per heavy atom. The van der Waals surface area contributed by atoms with Crippen molar-refractivity contribution in [3.63, 3.8) is 0 Å². The van der Waals surface area contributed by atoms with Gasteiger partial charge in [-0.3, -0.25) is 19.3 Å². The summed E-state index contributed by atoms with van der Waals surface area (Å²) in [7, 11) is 0. The van der Waals surface area contributed by atoms with Gasteiger partial charge in [0.15, 0.2) is 12.4 Å². The number of nitrogens with one attached hydrogen (secondary N) is 2. The van der Waals surface area contributed by atoms with E-state index in [4.69, 9.17) is 15.4 Å². The molecule has 9 heteroatoms. The van der Waals surface area contributed by atoms with Gasteiger partial charge in [0, 0.05) is 5.71 Å². The van der Waals surface area contributed by atoms with E-state index in [0.29, 0.717) is 5.56 Å². The van der Waals surface area contributed by atoms with Crippen LogP contribution in [0.4, 0.5) is 4.79 Å². The highest BCUT2D eigenvalue weighted by molar-refractivity contribution is 6.09. The van der Waals surface area contributed by atoms with Gasteiger partial charge in [-0.1, -0.05) is 29.8 Å². The number of carbonyl (C=O) groups is 4. The van der Waals surface area contributed by atoms with Crippen molar-refractivity contribution in [2.75, 3.05) is 13.2 Å². The first-order valence-electron chi connectivity index (χ1n) is 8.44. The SMILES string of the molecule is CC(=N)[C@H](C#N)C(=O)COC(=O)CN1C(=O)N[C@@](C)(c2ccc(C)cc2)C1=O. The zero-order valence-corrected chi connectivity index (χ0v) is 15.7. The summed E-state index contributed by atoms with van der Waals surface area (Å²) >= 11 is 0. The minimum Gasteiger partial charge on any atom is -0.456 e. The molecule has 1 aromatic rings. The van der Waals surface area contributed by atoms with Crippen LogP contribution in [0.3, 0.4) is 0 Å². The topological polar surface area (TPSA) is 140 Å². The van der Waals surface area contributed by atoms with Crippen molar-refractivity contribution in [2.24, 2.45) is 5.92 Å². The van der Waals surface area contributed by atoms with E-state index in [9.17, 15) is 19.2 Å². The molecule has 28 heavy (non-hydrogen) atoms. The molecule has 1 heterocycles. The van der Waals surface area contributed by atoms with E-state index in [0.717, 1.165) is 10.5 Å². The quantitative estimate of drug-likeness (QED) is 0.409. The first-order chi connectivity index (χ1) is 13.1. The van der Waals surface area contributed by atoms with Gasteiger partial charge >= 0.3 is 12.0 Å². The number of aryl methyl sites for hydroxylation is 1. The molecule has 0 radical (unpaired) electrons. The van der Waals surface area contributed by atoms with E-state index in [2.05, 4.69) is 5.32 Å². The fourth-order valence-electron chi connectivity index (χ4n) is 2.74. The van der Waals surface area contributed by atoms with Crippen LogP contribution in [0.15, 0.2) is 24.3 Å². The van der Waals surface area contributed by atoms with Crippen LogP contribution in [0.2, 0.25) is 0 Å². The third-order valence-corrected chi connectivity index (χ3v) is 4.45. The number of benzene rings is 1. The van der Waals surface area contributed by atoms with Crippen LogP contribution in [-0.2, 0) is 24.7 Å². The van der Waals surface area contributed by atoms with Gasteiger partial charge in [0.05, 0.1) is 6.07 Å². The number of rotatable bonds is 7. The number of amides is 3. The summed E-state index contributed by atoms with van der Waals surface area (Å²) in [6, 6.07) is 7.95. The predicted octanol–water partition coefficient (Wildman–Crippen LogP) is 1.05. The van der Waals surface area contributed by atoms with Gasteiger partial charge in [-0.25, -0.2) is 4.79 Å². The normalized spacial score (nSPS) is 19.6. The number of imide groups is 1. The van der Waals surface area contributed by atoms with E-state index >= 15 is 0 Å². The average Bonchev–Trinajstić information content (AvgIpc) is 2.85. The highest BCUT2D eigenvalue weighted by Gasteiger charge is 2.49. The smallest absolute Gasteiger partial charge is 0.326 e. The molecule has 2 atom stereocenters. The Morgan fingerprint density at radius 3 is 2.46 bits per heavy atom. The zero-order valence-electron chi connectivity index (χ0n) is 15.7. The highest BCUT2D eigenvalue weighted by Crippen LogP contribution is 2.28. The molecular formula is C19H20N4O5. The van der Waals surface area contributed by atoms with Crippen LogP contribution in [0.5, 0.6) is 0 Å². The molecule has 2 rings (SSSR count). The fourth-order valence-corrected chi connectivity index (χ4v) is 2.74. The number of hydrogen-bond acceptors (Lipinski definition) is 7. The van der Waals surface area contributed by atoms with Gasteiger partial charge in [-0.15, -0.1) is 0 Å². The second kappa shape index (κ2) is 8.00. The summed E-state index contributed by atoms with van der Waals surface area (Å²) in [5.74, 6) is -3.63. The summed E-state index contributed by atoms with van der Waals surface area (Å²) in [6.45, 7) is 3.35. The molecule has 1 fully saturated rings. The van der Waals surface area contributed by atoms with Crippen LogP contribution >= 0.6 is 0 Å². The molecule has 1 saturated heterocycles. The van der Waals surface area contributed by atoms with Gasteiger partial charge in [0.25, 0.3) is 5.91 Å². The molecule has 3 amide bonds. The van der Waals surface area contributed by atoms with Crippen molar-refractivity contribution < 1.29 is 23.9 Å². The maximum absolute atomic E-state index is 12.7. The number of hydrogen-bond donors (Lipinski definition) is 2. The van der Waals surface area contributed by atoms with E-state index in [1.54, 1.807) is 30.3 Å². The lowest BCUT2D eigenvalue weighted by molar-refractivity contribution is -0.150. The maximum Gasteiger partial charge on any atom is 0.326 e. The van der Waals surface area contributed by atoms with Gasteiger partial charge in [0.2, 0.25) is 0 Å². The Bertz CT molecular complexity index is 887. The van der Waals surface area contributed by atoms with Crippen LogP contribution in [0.25, 0.3) is 0 Å². The largest absolute Gasteiger partial charge is 0.456 e. The van der Waals surface area contributed by atoms with Crippen LogP contribution in [0.1, 0.15) is 25.0 Å². The van der Waals surface area contributed by atoms with Crippen LogP contribution < -0.4 is 5.32 Å². The number of nitrogens with zero attached hydrogens (tertiary/aromatic N) is 2. The van der Waals surface area contributed by atoms with Crippen LogP contribution in [0, 0.1) is 29.6 Å². The molecule has 146 valence electrons. The molecule has 9 nitrogen and oxygen atoms in total. The van der Waals surface area contributed by atoms with E-state index in [-0.39, 0.29) is 5.71 Å². The predicted molar refractivity (Wildman–Crippen MR) is 97.2 cm³/mol. The van der Waals surface area contributed by atoms with Gasteiger partial charge < -0.3 is 15.5 Å². The lowest BCUT2D eigenvalue weighted by Gasteiger charge is -2.22. The number of urea groups is 1. The molecule has 0 spiro atoms. The molecule has 0 saturated carbocycles. The lowest BCUT2D eigenvalue weighted by atomic mass is 9.91. The third-order valence-electron chi connectivity index (χ3n) is 4.45. The Morgan fingerprint density at radius 1 is 1.32 bits per heavy atom. The standard InChI is InChI=1S/C19H20N4O5/c1-11-4-6-13(7-5-11)19(3)17(26)23(18(27)22-19)9-16(25)28-10-15(24)14(8-20)12(2)21/h4-7,14,21H,9-10H2,1-3H3,(H,22,27)/t14-,19-/m0/s1. The second-order valence-corrected chi connectivity index (χ2v) is 6.68. The first-order valence-corrected chi connectivity index (χ1v) is 8.44. The molecule has 1 aliphatic rings. The number of esters is 1. The van der Waals surface area contributed by atoms with Crippen LogP contribution in [-0.4, -0.2) is 47.5 Å². The number of Topliss-reactive ketones (excluding diaryl/α,β-unsaturated/α-hetero) is 1. The van der Waals surface area contributed by atoms with Gasteiger partial charge in [-0.05, 0) is 26.3 Å². The third kappa shape index (κ3) is 4.06. The van der Waals surface area contributed by atoms with Crippen molar-refractivity contribution >= 4 is 29.4 Å². The molecule has 1 aromatic carbocycles. The molecule has 2 N–H and O–H groups in total. The van der Waals surface area contributed by atoms with E-state index in [1.165, 1.54) is 13.8 Å². The first kappa shape index (κ1) is 20.8. The monoisotopic (exact) mass is 384 g/mol. The average molecular weight is 384 g/mol. The van der Waals surface area contributed by atoms with Gasteiger partial charge in [-0.2, -0.15) is 5.26 Å². The minimum absolute atomic E-state index is 0.161. The number of carbonyl (C=O) groups excluding carboxylic acids is 4. The molecule has 0 bridgehead atoms. The van der Waals surface area contributed by atoms with Crippen molar-refractivity contribution in [2.45, 2.75) is 26.3 Å². The Hall–Kier alpha value is -3.54. The lowest BCUT2D eigenvalue weighted by Crippen LogP contribution is -2.41. The van der Waals surface area contributed by atoms with Gasteiger partial charge in [0.1, 0.15) is 18.0 Å². The minimum atomic E-state index is -1.32. The Balaban J connectivity index is 2.03. The summed E-state index contributed by atoms with van der Waals surface area (Å²) in [5.41, 5.74) is 0.0850. The van der Waals surface area contributed by atoms with Crippen molar-refractivity contribution in [3.8, 4) is 6.07 Å². The highest BCUT2D eigenvalue weighted by atomic mass is 16.5. The summed E-state index contributed by atoms with van der Waals surface area (Å²) < 4.78 is 4.77. The molecule has 1 aliphatic heterocycles. The maximum atomic E-state index is 12.7. The summed E-state index contributed by atoms with van der Waals surface area (Å²) in [4.78, 5) is 49.4. The molecular weight excluding hydrogens is 364 g/mol.